The van der Waals surface area contributed by atoms with Crippen LogP contribution >= 0.6 is 22.9 Å². The van der Waals surface area contributed by atoms with Crippen LogP contribution in [0.5, 0.6) is 5.75 Å². The first-order valence-corrected chi connectivity index (χ1v) is 12.1. The quantitative estimate of drug-likeness (QED) is 0.392. The largest absolute Gasteiger partial charge is 0.491 e. The Labute approximate surface area is 207 Å². The van der Waals surface area contributed by atoms with Gasteiger partial charge < -0.3 is 14.5 Å². The molecule has 3 aromatic rings. The predicted octanol–water partition coefficient (Wildman–Crippen LogP) is 5.37. The van der Waals surface area contributed by atoms with Crippen molar-refractivity contribution in [1.29, 1.82) is 0 Å². The normalized spacial score (nSPS) is 14.9. The smallest absolute Gasteiger partial charge is 0.254 e. The number of benzene rings is 2. The zero-order chi connectivity index (χ0) is 24.1. The van der Waals surface area contributed by atoms with Gasteiger partial charge >= 0.3 is 0 Å². The van der Waals surface area contributed by atoms with E-state index in [1.54, 1.807) is 58.7 Å². The molecule has 0 spiro atoms. The molecule has 0 N–H and O–H groups in total. The van der Waals surface area contributed by atoms with Gasteiger partial charge in [0.1, 0.15) is 24.7 Å². The Kier molecular flexibility index (Phi) is 7.65. The van der Waals surface area contributed by atoms with Crippen LogP contribution in [0.15, 0.2) is 72.6 Å². The summed E-state index contributed by atoms with van der Waals surface area (Å²) >= 11 is 7.70. The summed E-state index contributed by atoms with van der Waals surface area (Å²) in [4.78, 5) is 30.9. The second-order valence-electron chi connectivity index (χ2n) is 7.91. The van der Waals surface area contributed by atoms with Crippen molar-refractivity contribution in [2.75, 3.05) is 26.2 Å². The highest BCUT2D eigenvalue weighted by Crippen LogP contribution is 2.34. The van der Waals surface area contributed by atoms with Crippen LogP contribution < -0.4 is 4.74 Å². The maximum Gasteiger partial charge on any atom is 0.254 e. The van der Waals surface area contributed by atoms with Gasteiger partial charge in [-0.15, -0.1) is 17.9 Å². The molecule has 0 fully saturated rings. The van der Waals surface area contributed by atoms with E-state index < -0.39 is 0 Å². The lowest BCUT2D eigenvalue weighted by Crippen LogP contribution is -2.47. The first-order chi connectivity index (χ1) is 16.5. The van der Waals surface area contributed by atoms with Gasteiger partial charge in [-0.1, -0.05) is 29.8 Å². The van der Waals surface area contributed by atoms with E-state index in [0.717, 1.165) is 12.0 Å². The highest BCUT2D eigenvalue weighted by Gasteiger charge is 2.33. The summed E-state index contributed by atoms with van der Waals surface area (Å²) in [5, 5.41) is 2.45. The number of hydrogen-bond acceptors (Lipinski definition) is 4. The average Bonchev–Trinajstić information content (AvgIpc) is 3.31. The molecule has 0 radical (unpaired) electrons. The van der Waals surface area contributed by atoms with E-state index >= 15 is 0 Å². The number of carbonyl (C=O) groups excluding carboxylic acids is 2. The lowest BCUT2D eigenvalue weighted by molar-refractivity contribution is -0.135. The minimum absolute atomic E-state index is 0.104. The third-order valence-electron chi connectivity index (χ3n) is 5.65. The second kappa shape index (κ2) is 10.8. The summed E-state index contributed by atoms with van der Waals surface area (Å²) in [6.45, 7) is 4.54. The number of halogens is 2. The standard InChI is InChI=1S/C26H24ClFN2O3S/c1-2-11-29(26(32)18-5-3-6-19(27)14-18)16-25(31)30-12-9-24-22(10-13-34-24)23(30)17-33-21-8-4-7-20(28)15-21/h2-8,10,13-15,23H,1,9,11-12,16-17H2/t23-/m0/s1. The minimum Gasteiger partial charge on any atom is -0.491 e. The molecule has 176 valence electrons. The Balaban J connectivity index is 1.53. The van der Waals surface area contributed by atoms with Crippen LogP contribution in [-0.4, -0.2) is 47.9 Å². The molecular formula is C26H24ClFN2O3S. The van der Waals surface area contributed by atoms with Crippen molar-refractivity contribution in [2.45, 2.75) is 12.5 Å². The molecule has 0 saturated heterocycles. The molecule has 1 aromatic heterocycles. The van der Waals surface area contributed by atoms with Crippen molar-refractivity contribution < 1.29 is 18.7 Å². The Hall–Kier alpha value is -3.16. The van der Waals surface area contributed by atoms with Crippen molar-refractivity contribution in [3.8, 4) is 5.75 Å². The zero-order valence-corrected chi connectivity index (χ0v) is 20.0. The molecule has 2 amide bonds. The highest BCUT2D eigenvalue weighted by atomic mass is 35.5. The highest BCUT2D eigenvalue weighted by molar-refractivity contribution is 7.10. The Morgan fingerprint density at radius 2 is 2.06 bits per heavy atom. The van der Waals surface area contributed by atoms with Gasteiger partial charge in [-0.25, -0.2) is 4.39 Å². The molecule has 0 aliphatic carbocycles. The summed E-state index contributed by atoms with van der Waals surface area (Å²) in [6.07, 6.45) is 2.33. The monoisotopic (exact) mass is 498 g/mol. The fraction of sp³-hybridized carbons (Fsp3) is 0.231. The summed E-state index contributed by atoms with van der Waals surface area (Å²) < 4.78 is 19.5. The first-order valence-electron chi connectivity index (χ1n) is 10.9. The Bertz CT molecular complexity index is 1200. The topological polar surface area (TPSA) is 49.9 Å². The molecule has 2 aromatic carbocycles. The van der Waals surface area contributed by atoms with E-state index in [9.17, 15) is 14.0 Å². The second-order valence-corrected chi connectivity index (χ2v) is 9.34. The van der Waals surface area contributed by atoms with Crippen LogP contribution in [0.3, 0.4) is 0 Å². The molecule has 4 rings (SSSR count). The molecule has 1 aliphatic rings. The van der Waals surface area contributed by atoms with E-state index in [-0.39, 0.29) is 43.4 Å². The third kappa shape index (κ3) is 5.48. The van der Waals surface area contributed by atoms with Gasteiger partial charge in [0.25, 0.3) is 5.91 Å². The number of rotatable bonds is 8. The third-order valence-corrected chi connectivity index (χ3v) is 6.89. The predicted molar refractivity (Wildman–Crippen MR) is 132 cm³/mol. The molecule has 8 heteroatoms. The SMILES string of the molecule is C=CCN(CC(=O)N1CCc2sccc2[C@@H]1COc1cccc(F)c1)C(=O)c1cccc(Cl)c1. The molecule has 1 atom stereocenters. The molecule has 0 unspecified atom stereocenters. The van der Waals surface area contributed by atoms with E-state index in [4.69, 9.17) is 16.3 Å². The number of hydrogen-bond donors (Lipinski definition) is 0. The van der Waals surface area contributed by atoms with Gasteiger partial charge in [0.05, 0.1) is 6.04 Å². The first kappa shape index (κ1) is 24.0. The average molecular weight is 499 g/mol. The van der Waals surface area contributed by atoms with Crippen LogP contribution in [0.4, 0.5) is 4.39 Å². The number of carbonyl (C=O) groups is 2. The molecule has 0 bridgehead atoms. The summed E-state index contributed by atoms with van der Waals surface area (Å²) in [5.74, 6) is -0.470. The maximum atomic E-state index is 13.6. The number of amides is 2. The van der Waals surface area contributed by atoms with E-state index in [0.29, 0.717) is 22.9 Å². The number of ether oxygens (including phenoxy) is 1. The molecule has 2 heterocycles. The van der Waals surface area contributed by atoms with Crippen molar-refractivity contribution in [3.05, 3.63) is 99.5 Å². The van der Waals surface area contributed by atoms with Crippen LogP contribution in [0.1, 0.15) is 26.8 Å². The van der Waals surface area contributed by atoms with Crippen molar-refractivity contribution in [2.24, 2.45) is 0 Å². The van der Waals surface area contributed by atoms with Crippen molar-refractivity contribution in [3.63, 3.8) is 0 Å². The van der Waals surface area contributed by atoms with Gasteiger partial charge in [0.2, 0.25) is 5.91 Å². The molecule has 5 nitrogen and oxygen atoms in total. The molecule has 34 heavy (non-hydrogen) atoms. The minimum atomic E-state index is -0.384. The zero-order valence-electron chi connectivity index (χ0n) is 18.5. The van der Waals surface area contributed by atoms with Gasteiger partial charge in [0, 0.05) is 34.6 Å². The van der Waals surface area contributed by atoms with E-state index in [1.807, 2.05) is 11.4 Å². The molecule has 0 saturated carbocycles. The van der Waals surface area contributed by atoms with Crippen molar-refractivity contribution >= 4 is 34.8 Å². The lowest BCUT2D eigenvalue weighted by Gasteiger charge is -2.37. The fourth-order valence-corrected chi connectivity index (χ4v) is 5.16. The fourth-order valence-electron chi connectivity index (χ4n) is 4.04. The number of thiophene rings is 1. The van der Waals surface area contributed by atoms with E-state index in [1.165, 1.54) is 21.9 Å². The summed E-state index contributed by atoms with van der Waals surface area (Å²) in [7, 11) is 0. The van der Waals surface area contributed by atoms with Crippen LogP contribution in [0, 0.1) is 5.82 Å². The van der Waals surface area contributed by atoms with Crippen LogP contribution in [0.2, 0.25) is 5.02 Å². The summed E-state index contributed by atoms with van der Waals surface area (Å²) in [6, 6.07) is 14.2. The lowest BCUT2D eigenvalue weighted by atomic mass is 10.0. The van der Waals surface area contributed by atoms with Crippen LogP contribution in [-0.2, 0) is 11.2 Å². The molecule has 1 aliphatic heterocycles. The van der Waals surface area contributed by atoms with Gasteiger partial charge in [-0.05, 0) is 53.8 Å². The number of nitrogens with zero attached hydrogens (tertiary/aromatic N) is 2. The Morgan fingerprint density at radius 3 is 2.82 bits per heavy atom. The number of fused-ring (bicyclic) bond motifs is 1. The maximum absolute atomic E-state index is 13.6. The van der Waals surface area contributed by atoms with Gasteiger partial charge in [-0.2, -0.15) is 0 Å². The van der Waals surface area contributed by atoms with Crippen molar-refractivity contribution in [1.82, 2.24) is 9.80 Å². The van der Waals surface area contributed by atoms with Crippen LogP contribution in [0.25, 0.3) is 0 Å². The van der Waals surface area contributed by atoms with E-state index in [2.05, 4.69) is 6.58 Å². The molecular weight excluding hydrogens is 475 g/mol. The van der Waals surface area contributed by atoms with Gasteiger partial charge in [0.15, 0.2) is 0 Å². The van der Waals surface area contributed by atoms with Gasteiger partial charge in [-0.3, -0.25) is 9.59 Å². The summed E-state index contributed by atoms with van der Waals surface area (Å²) in [5.41, 5.74) is 1.43. The Morgan fingerprint density at radius 1 is 1.24 bits per heavy atom.